The van der Waals surface area contributed by atoms with Crippen LogP contribution >= 0.6 is 11.6 Å². The number of likely N-dealkylation sites (tertiary alicyclic amines) is 1. The molecule has 0 saturated carbocycles. The van der Waals surface area contributed by atoms with Crippen LogP contribution in [0.4, 0.5) is 0 Å². The second-order valence-electron chi connectivity index (χ2n) is 6.55. The van der Waals surface area contributed by atoms with Crippen LogP contribution in [0.5, 0.6) is 0 Å². The third-order valence-electron chi connectivity index (χ3n) is 4.80. The minimum absolute atomic E-state index is 0.0729. The summed E-state index contributed by atoms with van der Waals surface area (Å²) < 4.78 is 1.88. The maximum absolute atomic E-state index is 12.1. The van der Waals surface area contributed by atoms with Crippen molar-refractivity contribution in [2.45, 2.75) is 24.4 Å². The quantitative estimate of drug-likeness (QED) is 0.796. The molecule has 0 spiro atoms. The third-order valence-corrected chi connectivity index (χ3v) is 5.27. The SMILES string of the molecule is O=c1cccc2n1CC1CN(Cc3ccccc3)CC2(Cl)C1. The molecule has 22 heavy (non-hydrogen) atoms. The summed E-state index contributed by atoms with van der Waals surface area (Å²) >= 11 is 6.97. The molecule has 1 fully saturated rings. The van der Waals surface area contributed by atoms with E-state index < -0.39 is 4.87 Å². The summed E-state index contributed by atoms with van der Waals surface area (Å²) in [6.07, 6.45) is 0.962. The van der Waals surface area contributed by atoms with Crippen molar-refractivity contribution in [3.63, 3.8) is 0 Å². The summed E-state index contributed by atoms with van der Waals surface area (Å²) in [4.78, 5) is 14.1. The van der Waals surface area contributed by atoms with Crippen molar-refractivity contribution in [2.24, 2.45) is 5.92 Å². The maximum atomic E-state index is 12.1. The average molecular weight is 315 g/mol. The van der Waals surface area contributed by atoms with E-state index in [-0.39, 0.29) is 5.56 Å². The van der Waals surface area contributed by atoms with Crippen molar-refractivity contribution in [1.82, 2.24) is 9.47 Å². The Balaban J connectivity index is 1.65. The molecule has 4 heteroatoms. The minimum atomic E-state index is -0.434. The molecule has 0 amide bonds. The smallest absolute Gasteiger partial charge is 0.250 e. The molecule has 0 radical (unpaired) electrons. The molecule has 114 valence electrons. The van der Waals surface area contributed by atoms with E-state index >= 15 is 0 Å². The molecule has 2 bridgehead atoms. The van der Waals surface area contributed by atoms with Crippen molar-refractivity contribution in [3.05, 3.63) is 70.1 Å². The molecular formula is C18H19ClN2O. The molecule has 2 aromatic rings. The van der Waals surface area contributed by atoms with Gasteiger partial charge in [-0.2, -0.15) is 0 Å². The molecule has 1 saturated heterocycles. The monoisotopic (exact) mass is 314 g/mol. The Morgan fingerprint density at radius 1 is 1.09 bits per heavy atom. The van der Waals surface area contributed by atoms with Crippen LogP contribution in [0.2, 0.25) is 0 Å². The number of aromatic nitrogens is 1. The predicted molar refractivity (Wildman–Crippen MR) is 88.1 cm³/mol. The fraction of sp³-hybridized carbons (Fsp3) is 0.389. The Labute approximate surface area is 135 Å². The van der Waals surface area contributed by atoms with Gasteiger partial charge in [-0.3, -0.25) is 9.69 Å². The van der Waals surface area contributed by atoms with E-state index in [1.165, 1.54) is 5.56 Å². The molecule has 4 rings (SSSR count). The highest BCUT2D eigenvalue weighted by Gasteiger charge is 2.44. The third kappa shape index (κ3) is 2.38. The summed E-state index contributed by atoms with van der Waals surface area (Å²) in [6.45, 7) is 3.51. The zero-order chi connectivity index (χ0) is 15.2. The predicted octanol–water partition coefficient (Wildman–Crippen LogP) is 2.82. The van der Waals surface area contributed by atoms with Crippen LogP contribution in [-0.4, -0.2) is 22.6 Å². The second-order valence-corrected chi connectivity index (χ2v) is 7.27. The van der Waals surface area contributed by atoms with E-state index in [4.69, 9.17) is 11.6 Å². The Hall–Kier alpha value is -1.58. The highest BCUT2D eigenvalue weighted by Crippen LogP contribution is 2.43. The Bertz CT molecular complexity index is 742. The van der Waals surface area contributed by atoms with E-state index in [2.05, 4.69) is 29.2 Å². The van der Waals surface area contributed by atoms with Gasteiger partial charge in [-0.05, 0) is 24.0 Å². The van der Waals surface area contributed by atoms with Crippen LogP contribution < -0.4 is 5.56 Å². The zero-order valence-corrected chi connectivity index (χ0v) is 13.2. The van der Waals surface area contributed by atoms with Gasteiger partial charge in [0.2, 0.25) is 0 Å². The molecule has 2 aliphatic rings. The summed E-state index contributed by atoms with van der Waals surface area (Å²) in [5, 5.41) is 0. The minimum Gasteiger partial charge on any atom is -0.310 e. The highest BCUT2D eigenvalue weighted by atomic mass is 35.5. The number of benzene rings is 1. The van der Waals surface area contributed by atoms with Crippen molar-refractivity contribution >= 4 is 11.6 Å². The van der Waals surface area contributed by atoms with Gasteiger partial charge < -0.3 is 4.57 Å². The summed E-state index contributed by atoms with van der Waals surface area (Å²) in [6, 6.07) is 16.0. The van der Waals surface area contributed by atoms with Gasteiger partial charge in [-0.25, -0.2) is 0 Å². The lowest BCUT2D eigenvalue weighted by Crippen LogP contribution is -2.53. The van der Waals surface area contributed by atoms with E-state index in [1.807, 2.05) is 22.8 Å². The fourth-order valence-corrected chi connectivity index (χ4v) is 4.55. The van der Waals surface area contributed by atoms with Gasteiger partial charge in [0.15, 0.2) is 0 Å². The van der Waals surface area contributed by atoms with Crippen LogP contribution in [-0.2, 0) is 18.0 Å². The molecule has 1 aromatic heterocycles. The maximum Gasteiger partial charge on any atom is 0.250 e. The fourth-order valence-electron chi connectivity index (χ4n) is 4.00. The second kappa shape index (κ2) is 5.25. The van der Waals surface area contributed by atoms with Crippen molar-refractivity contribution in [2.75, 3.05) is 13.1 Å². The van der Waals surface area contributed by atoms with Gasteiger partial charge in [0.1, 0.15) is 0 Å². The normalized spacial score (nSPS) is 27.4. The van der Waals surface area contributed by atoms with Crippen LogP contribution in [0, 0.1) is 5.92 Å². The number of nitrogens with zero attached hydrogens (tertiary/aromatic N) is 2. The molecule has 3 nitrogen and oxygen atoms in total. The Kier molecular flexibility index (Phi) is 3.35. The topological polar surface area (TPSA) is 25.2 Å². The van der Waals surface area contributed by atoms with Crippen LogP contribution in [0.15, 0.2) is 53.3 Å². The van der Waals surface area contributed by atoms with Gasteiger partial charge in [0.05, 0.1) is 4.87 Å². The number of hydrogen-bond acceptors (Lipinski definition) is 2. The molecule has 0 aliphatic carbocycles. The lowest BCUT2D eigenvalue weighted by atomic mass is 9.82. The highest BCUT2D eigenvalue weighted by molar-refractivity contribution is 6.24. The number of rotatable bonds is 2. The van der Waals surface area contributed by atoms with Gasteiger partial charge in [0.25, 0.3) is 5.56 Å². The summed E-state index contributed by atoms with van der Waals surface area (Å²) in [5.41, 5.74) is 2.37. The average Bonchev–Trinajstić information content (AvgIpc) is 2.49. The molecular weight excluding hydrogens is 296 g/mol. The van der Waals surface area contributed by atoms with Crippen molar-refractivity contribution in [1.29, 1.82) is 0 Å². The van der Waals surface area contributed by atoms with Gasteiger partial charge >= 0.3 is 0 Å². The largest absolute Gasteiger partial charge is 0.310 e. The van der Waals surface area contributed by atoms with E-state index in [1.54, 1.807) is 6.07 Å². The molecule has 2 unspecified atom stereocenters. The number of halogens is 1. The standard InChI is InChI=1S/C18H19ClN2O/c19-18-9-15(12-21-16(18)7-4-8-17(21)22)11-20(13-18)10-14-5-2-1-3-6-14/h1-8,15H,9-13H2. The van der Waals surface area contributed by atoms with Crippen LogP contribution in [0.1, 0.15) is 17.7 Å². The first-order chi connectivity index (χ1) is 10.6. The molecule has 1 aromatic carbocycles. The molecule has 2 aliphatic heterocycles. The number of hydrogen-bond donors (Lipinski definition) is 0. The Morgan fingerprint density at radius 2 is 1.91 bits per heavy atom. The zero-order valence-electron chi connectivity index (χ0n) is 12.4. The van der Waals surface area contributed by atoms with Crippen LogP contribution in [0.3, 0.4) is 0 Å². The van der Waals surface area contributed by atoms with E-state index in [0.29, 0.717) is 5.92 Å². The van der Waals surface area contributed by atoms with Gasteiger partial charge in [0, 0.05) is 37.9 Å². The number of pyridine rings is 1. The molecule has 0 N–H and O–H groups in total. The van der Waals surface area contributed by atoms with Crippen molar-refractivity contribution in [3.8, 4) is 0 Å². The molecule has 3 heterocycles. The summed E-state index contributed by atoms with van der Waals surface area (Å²) in [7, 11) is 0. The lowest BCUT2D eigenvalue weighted by Gasteiger charge is -2.47. The lowest BCUT2D eigenvalue weighted by molar-refractivity contribution is 0.0965. The molecule has 2 atom stereocenters. The summed E-state index contributed by atoms with van der Waals surface area (Å²) in [5.74, 6) is 0.447. The van der Waals surface area contributed by atoms with Gasteiger partial charge in [-0.15, -0.1) is 11.6 Å². The first-order valence-electron chi connectivity index (χ1n) is 7.80. The van der Waals surface area contributed by atoms with E-state index in [9.17, 15) is 4.79 Å². The van der Waals surface area contributed by atoms with Gasteiger partial charge in [-0.1, -0.05) is 36.4 Å². The number of alkyl halides is 1. The first-order valence-corrected chi connectivity index (χ1v) is 8.17. The number of fused-ring (bicyclic) bond motifs is 4. The van der Waals surface area contributed by atoms with E-state index in [0.717, 1.165) is 38.3 Å². The Morgan fingerprint density at radius 3 is 2.73 bits per heavy atom. The first kappa shape index (κ1) is 14.0. The van der Waals surface area contributed by atoms with Crippen LogP contribution in [0.25, 0.3) is 0 Å². The van der Waals surface area contributed by atoms with Crippen molar-refractivity contribution < 1.29 is 0 Å². The number of piperidine rings is 1.